The molecule has 100 valence electrons. The van der Waals surface area contributed by atoms with Crippen LogP contribution in [0.15, 0.2) is 18.2 Å². The second-order valence-corrected chi connectivity index (χ2v) is 4.83. The topological polar surface area (TPSA) is 60.8 Å². The first-order valence-electron chi connectivity index (χ1n) is 6.17. The SMILES string of the molecule is CCC(C)CN(C)CC(=O)c1ccc(O)cc1O. The zero-order valence-electron chi connectivity index (χ0n) is 11.2. The van der Waals surface area contributed by atoms with Gasteiger partial charge in [0.25, 0.3) is 0 Å². The van der Waals surface area contributed by atoms with Crippen LogP contribution in [-0.2, 0) is 0 Å². The summed E-state index contributed by atoms with van der Waals surface area (Å²) in [5.74, 6) is 0.184. The average molecular weight is 251 g/mol. The molecule has 1 rings (SSSR count). The van der Waals surface area contributed by atoms with Crippen LogP contribution in [0.3, 0.4) is 0 Å². The second-order valence-electron chi connectivity index (χ2n) is 4.83. The fourth-order valence-corrected chi connectivity index (χ4v) is 1.81. The Hall–Kier alpha value is -1.55. The Morgan fingerprint density at radius 1 is 1.39 bits per heavy atom. The van der Waals surface area contributed by atoms with E-state index >= 15 is 0 Å². The number of hydrogen-bond acceptors (Lipinski definition) is 4. The summed E-state index contributed by atoms with van der Waals surface area (Å²) in [6.45, 7) is 5.37. The van der Waals surface area contributed by atoms with Crippen molar-refractivity contribution in [2.75, 3.05) is 20.1 Å². The van der Waals surface area contributed by atoms with Crippen molar-refractivity contribution >= 4 is 5.78 Å². The van der Waals surface area contributed by atoms with Crippen molar-refractivity contribution < 1.29 is 15.0 Å². The van der Waals surface area contributed by atoms with E-state index < -0.39 is 0 Å². The summed E-state index contributed by atoms with van der Waals surface area (Å²) in [6, 6.07) is 4.04. The summed E-state index contributed by atoms with van der Waals surface area (Å²) in [5.41, 5.74) is 0.254. The van der Waals surface area contributed by atoms with E-state index in [4.69, 9.17) is 0 Å². The maximum atomic E-state index is 12.0. The van der Waals surface area contributed by atoms with Crippen LogP contribution in [0.25, 0.3) is 0 Å². The lowest BCUT2D eigenvalue weighted by Gasteiger charge is -2.19. The number of ketones is 1. The fraction of sp³-hybridized carbons (Fsp3) is 0.500. The molecule has 0 aliphatic carbocycles. The number of Topliss-reactive ketones (excluding diaryl/α,β-unsaturated/α-hetero) is 1. The number of aromatic hydroxyl groups is 2. The minimum Gasteiger partial charge on any atom is -0.508 e. The molecular weight excluding hydrogens is 230 g/mol. The van der Waals surface area contributed by atoms with E-state index in [1.807, 2.05) is 11.9 Å². The van der Waals surface area contributed by atoms with Gasteiger partial charge >= 0.3 is 0 Å². The van der Waals surface area contributed by atoms with Crippen molar-refractivity contribution in [1.82, 2.24) is 4.90 Å². The van der Waals surface area contributed by atoms with Crippen molar-refractivity contribution in [3.05, 3.63) is 23.8 Å². The molecular formula is C14H21NO3. The Morgan fingerprint density at radius 3 is 2.61 bits per heavy atom. The molecule has 2 N–H and O–H groups in total. The van der Waals surface area contributed by atoms with Crippen LogP contribution in [0.5, 0.6) is 11.5 Å². The Bertz CT molecular complexity index is 418. The third-order valence-corrected chi connectivity index (χ3v) is 3.02. The van der Waals surface area contributed by atoms with Gasteiger partial charge < -0.3 is 10.2 Å². The van der Waals surface area contributed by atoms with Gasteiger partial charge in [0.2, 0.25) is 0 Å². The standard InChI is InChI=1S/C14H21NO3/c1-4-10(2)8-15(3)9-14(18)12-6-5-11(16)7-13(12)17/h5-7,10,16-17H,4,8-9H2,1-3H3. The predicted molar refractivity (Wildman–Crippen MR) is 71.1 cm³/mol. The maximum absolute atomic E-state index is 12.0. The van der Waals surface area contributed by atoms with Gasteiger partial charge in [0.1, 0.15) is 11.5 Å². The molecule has 1 aromatic rings. The maximum Gasteiger partial charge on any atom is 0.180 e. The summed E-state index contributed by atoms with van der Waals surface area (Å²) in [5, 5.41) is 18.8. The van der Waals surface area contributed by atoms with E-state index in [0.29, 0.717) is 5.92 Å². The van der Waals surface area contributed by atoms with Crippen molar-refractivity contribution in [3.8, 4) is 11.5 Å². The van der Waals surface area contributed by atoms with Crippen molar-refractivity contribution in [2.24, 2.45) is 5.92 Å². The number of nitrogens with zero attached hydrogens (tertiary/aromatic N) is 1. The first-order valence-corrected chi connectivity index (χ1v) is 6.17. The highest BCUT2D eigenvalue weighted by Gasteiger charge is 2.14. The van der Waals surface area contributed by atoms with Crippen LogP contribution in [0.2, 0.25) is 0 Å². The molecule has 18 heavy (non-hydrogen) atoms. The smallest absolute Gasteiger partial charge is 0.180 e. The highest BCUT2D eigenvalue weighted by molar-refractivity contribution is 6.00. The molecule has 0 heterocycles. The quantitative estimate of drug-likeness (QED) is 0.761. The lowest BCUT2D eigenvalue weighted by Crippen LogP contribution is -2.30. The molecule has 0 amide bonds. The van der Waals surface area contributed by atoms with Crippen LogP contribution in [0.4, 0.5) is 0 Å². The van der Waals surface area contributed by atoms with Gasteiger partial charge in [-0.3, -0.25) is 9.69 Å². The summed E-state index contributed by atoms with van der Waals surface area (Å²) in [4.78, 5) is 13.9. The molecule has 1 unspecified atom stereocenters. The number of likely N-dealkylation sites (N-methyl/N-ethyl adjacent to an activating group) is 1. The van der Waals surface area contributed by atoms with E-state index in [0.717, 1.165) is 13.0 Å². The van der Waals surface area contributed by atoms with Crippen molar-refractivity contribution in [2.45, 2.75) is 20.3 Å². The Morgan fingerprint density at radius 2 is 2.06 bits per heavy atom. The summed E-state index contributed by atoms with van der Waals surface area (Å²) in [6.07, 6.45) is 1.07. The van der Waals surface area contributed by atoms with E-state index in [-0.39, 0.29) is 29.4 Å². The van der Waals surface area contributed by atoms with Crippen LogP contribution in [0, 0.1) is 5.92 Å². The average Bonchev–Trinajstić information content (AvgIpc) is 2.28. The first kappa shape index (κ1) is 14.5. The zero-order chi connectivity index (χ0) is 13.7. The normalized spacial score (nSPS) is 12.7. The van der Waals surface area contributed by atoms with Gasteiger partial charge in [-0.15, -0.1) is 0 Å². The molecule has 0 saturated carbocycles. The van der Waals surface area contributed by atoms with E-state index in [9.17, 15) is 15.0 Å². The van der Waals surface area contributed by atoms with Gasteiger partial charge in [0.05, 0.1) is 12.1 Å². The Balaban J connectivity index is 2.65. The number of phenolic OH excluding ortho intramolecular Hbond substituents is 2. The van der Waals surface area contributed by atoms with E-state index in [2.05, 4.69) is 13.8 Å². The number of phenols is 2. The van der Waals surface area contributed by atoms with Gasteiger partial charge in [-0.05, 0) is 25.1 Å². The summed E-state index contributed by atoms with van der Waals surface area (Å²) < 4.78 is 0. The van der Waals surface area contributed by atoms with Crippen LogP contribution >= 0.6 is 0 Å². The molecule has 1 aromatic carbocycles. The molecule has 4 nitrogen and oxygen atoms in total. The minimum atomic E-state index is -0.170. The van der Waals surface area contributed by atoms with Gasteiger partial charge in [-0.25, -0.2) is 0 Å². The lowest BCUT2D eigenvalue weighted by molar-refractivity contribution is 0.0936. The minimum absolute atomic E-state index is 0.0444. The van der Waals surface area contributed by atoms with Gasteiger partial charge in [-0.1, -0.05) is 20.3 Å². The van der Waals surface area contributed by atoms with Gasteiger partial charge in [0.15, 0.2) is 5.78 Å². The molecule has 0 aromatic heterocycles. The number of rotatable bonds is 6. The molecule has 1 atom stereocenters. The number of benzene rings is 1. The van der Waals surface area contributed by atoms with Gasteiger partial charge in [0, 0.05) is 12.6 Å². The highest BCUT2D eigenvalue weighted by Crippen LogP contribution is 2.23. The number of hydrogen-bond donors (Lipinski definition) is 2. The second kappa shape index (κ2) is 6.40. The zero-order valence-corrected chi connectivity index (χ0v) is 11.2. The van der Waals surface area contributed by atoms with Gasteiger partial charge in [-0.2, -0.15) is 0 Å². The number of carbonyl (C=O) groups excluding carboxylic acids is 1. The molecule has 0 aliphatic heterocycles. The third-order valence-electron chi connectivity index (χ3n) is 3.02. The van der Waals surface area contributed by atoms with Crippen LogP contribution < -0.4 is 0 Å². The lowest BCUT2D eigenvalue weighted by atomic mass is 10.1. The monoisotopic (exact) mass is 251 g/mol. The molecule has 0 radical (unpaired) electrons. The molecule has 0 fully saturated rings. The van der Waals surface area contributed by atoms with Crippen molar-refractivity contribution in [3.63, 3.8) is 0 Å². The first-order chi connectivity index (χ1) is 8.43. The fourth-order valence-electron chi connectivity index (χ4n) is 1.81. The summed E-state index contributed by atoms with van der Waals surface area (Å²) >= 11 is 0. The Kier molecular flexibility index (Phi) is 5.16. The molecule has 0 spiro atoms. The molecule has 0 bridgehead atoms. The molecule has 0 saturated heterocycles. The molecule has 0 aliphatic rings. The largest absolute Gasteiger partial charge is 0.508 e. The number of carbonyl (C=O) groups is 1. The van der Waals surface area contributed by atoms with E-state index in [1.165, 1.54) is 18.2 Å². The van der Waals surface area contributed by atoms with Crippen molar-refractivity contribution in [1.29, 1.82) is 0 Å². The molecule has 4 heteroatoms. The summed E-state index contributed by atoms with van der Waals surface area (Å²) in [7, 11) is 1.89. The predicted octanol–water partition coefficient (Wildman–Crippen LogP) is 2.26. The Labute approximate surface area is 108 Å². The van der Waals surface area contributed by atoms with E-state index in [1.54, 1.807) is 0 Å². The van der Waals surface area contributed by atoms with Crippen LogP contribution in [-0.4, -0.2) is 41.0 Å². The van der Waals surface area contributed by atoms with Crippen LogP contribution in [0.1, 0.15) is 30.6 Å². The third kappa shape index (κ3) is 4.04. The highest BCUT2D eigenvalue weighted by atomic mass is 16.3.